The normalized spacial score (nSPS) is 25.6. The summed E-state index contributed by atoms with van der Waals surface area (Å²) in [5.41, 5.74) is -1.63. The second-order valence-electron chi connectivity index (χ2n) is 7.06. The molecule has 2 N–H and O–H groups in total. The van der Waals surface area contributed by atoms with Crippen molar-refractivity contribution < 1.29 is 27.6 Å². The maximum atomic E-state index is 12.8. The molecule has 3 rings (SSSR count). The summed E-state index contributed by atoms with van der Waals surface area (Å²) < 4.78 is 37.7. The minimum Gasteiger partial charge on any atom is -0.325 e. The van der Waals surface area contributed by atoms with Crippen LogP contribution in [0.4, 0.5) is 23.7 Å². The quantitative estimate of drug-likeness (QED) is 0.787. The first kappa shape index (κ1) is 19.2. The molecule has 0 bridgehead atoms. The van der Waals surface area contributed by atoms with Crippen molar-refractivity contribution in [3.05, 3.63) is 29.8 Å². The molecule has 4 amide bonds. The first-order chi connectivity index (χ1) is 12.6. The topological polar surface area (TPSA) is 78.5 Å². The molecular formula is C18H20F3N3O3. The van der Waals surface area contributed by atoms with Gasteiger partial charge in [0.1, 0.15) is 12.1 Å². The molecule has 1 aliphatic carbocycles. The molecule has 2 unspecified atom stereocenters. The molecule has 0 aromatic heterocycles. The molecule has 1 spiro atoms. The van der Waals surface area contributed by atoms with Crippen molar-refractivity contribution in [3.8, 4) is 0 Å². The first-order valence-corrected chi connectivity index (χ1v) is 8.75. The highest BCUT2D eigenvalue weighted by Crippen LogP contribution is 2.38. The number of benzene rings is 1. The Morgan fingerprint density at radius 3 is 2.52 bits per heavy atom. The Labute approximate surface area is 154 Å². The number of anilines is 1. The number of alkyl halides is 3. The van der Waals surface area contributed by atoms with E-state index in [9.17, 15) is 27.6 Å². The maximum Gasteiger partial charge on any atom is 0.416 e. The van der Waals surface area contributed by atoms with E-state index in [0.29, 0.717) is 6.42 Å². The van der Waals surface area contributed by atoms with Gasteiger partial charge in [-0.3, -0.25) is 14.5 Å². The smallest absolute Gasteiger partial charge is 0.325 e. The largest absolute Gasteiger partial charge is 0.416 e. The van der Waals surface area contributed by atoms with Crippen molar-refractivity contribution in [2.24, 2.45) is 5.92 Å². The zero-order valence-corrected chi connectivity index (χ0v) is 14.7. The fraction of sp³-hybridized carbons (Fsp3) is 0.500. The van der Waals surface area contributed by atoms with Crippen LogP contribution in [0.25, 0.3) is 0 Å². The molecule has 2 atom stereocenters. The summed E-state index contributed by atoms with van der Waals surface area (Å²) in [7, 11) is 0. The van der Waals surface area contributed by atoms with Gasteiger partial charge >= 0.3 is 12.2 Å². The molecule has 146 valence electrons. The Morgan fingerprint density at radius 2 is 1.93 bits per heavy atom. The number of nitrogens with one attached hydrogen (secondary N) is 2. The van der Waals surface area contributed by atoms with Crippen LogP contribution in [0.2, 0.25) is 0 Å². The van der Waals surface area contributed by atoms with Gasteiger partial charge in [-0.2, -0.15) is 13.2 Å². The molecule has 1 heterocycles. The summed E-state index contributed by atoms with van der Waals surface area (Å²) in [6, 6.07) is 3.33. The lowest BCUT2D eigenvalue weighted by Gasteiger charge is -2.36. The fourth-order valence-electron chi connectivity index (χ4n) is 3.73. The fourth-order valence-corrected chi connectivity index (χ4v) is 3.73. The van der Waals surface area contributed by atoms with E-state index >= 15 is 0 Å². The van der Waals surface area contributed by atoms with Crippen LogP contribution in [0.5, 0.6) is 0 Å². The Bertz CT molecular complexity index is 763. The number of carbonyl (C=O) groups excluding carboxylic acids is 3. The van der Waals surface area contributed by atoms with Crippen LogP contribution < -0.4 is 10.6 Å². The highest BCUT2D eigenvalue weighted by atomic mass is 19.4. The maximum absolute atomic E-state index is 12.8. The lowest BCUT2D eigenvalue weighted by Crippen LogP contribution is -2.54. The number of hydrogen-bond acceptors (Lipinski definition) is 3. The van der Waals surface area contributed by atoms with Crippen molar-refractivity contribution >= 4 is 23.5 Å². The molecule has 6 nitrogen and oxygen atoms in total. The minimum absolute atomic E-state index is 0.0225. The molecule has 0 radical (unpaired) electrons. The summed E-state index contributed by atoms with van der Waals surface area (Å²) in [5, 5.41) is 5.16. The monoisotopic (exact) mass is 383 g/mol. The van der Waals surface area contributed by atoms with Crippen LogP contribution in [0.3, 0.4) is 0 Å². The third-order valence-corrected chi connectivity index (χ3v) is 5.30. The van der Waals surface area contributed by atoms with E-state index in [1.807, 2.05) is 6.92 Å². The summed E-state index contributed by atoms with van der Waals surface area (Å²) >= 11 is 0. The van der Waals surface area contributed by atoms with Crippen LogP contribution in [-0.4, -0.2) is 34.8 Å². The third kappa shape index (κ3) is 3.63. The standard InChI is InChI=1S/C18H20F3N3O3/c1-11-4-2-3-9-17(11)15(26)24(16(27)23-17)10-14(25)22-13-7-5-12(6-8-13)18(19,20)21/h5-8,11H,2-4,9-10H2,1H3,(H,22,25)(H,23,27). The van der Waals surface area contributed by atoms with Crippen molar-refractivity contribution in [1.29, 1.82) is 0 Å². The van der Waals surface area contributed by atoms with E-state index in [0.717, 1.165) is 48.4 Å². The Hall–Kier alpha value is -2.58. The average molecular weight is 383 g/mol. The second kappa shape index (κ2) is 6.86. The molecule has 27 heavy (non-hydrogen) atoms. The number of nitrogens with zero attached hydrogens (tertiary/aromatic N) is 1. The zero-order valence-electron chi connectivity index (χ0n) is 14.7. The van der Waals surface area contributed by atoms with E-state index in [4.69, 9.17) is 0 Å². The molecule has 1 saturated heterocycles. The van der Waals surface area contributed by atoms with Crippen molar-refractivity contribution in [2.45, 2.75) is 44.3 Å². The predicted molar refractivity (Wildman–Crippen MR) is 90.7 cm³/mol. The summed E-state index contributed by atoms with van der Waals surface area (Å²) in [5.74, 6) is -1.09. The SMILES string of the molecule is CC1CCCCC12NC(=O)N(CC(=O)Nc1ccc(C(F)(F)F)cc1)C2=O. The van der Waals surface area contributed by atoms with Crippen molar-refractivity contribution in [2.75, 3.05) is 11.9 Å². The number of halogens is 3. The molecule has 2 fully saturated rings. The van der Waals surface area contributed by atoms with Gasteiger partial charge in [0.05, 0.1) is 5.56 Å². The number of hydrogen-bond donors (Lipinski definition) is 2. The van der Waals surface area contributed by atoms with Gasteiger partial charge in [-0.1, -0.05) is 19.8 Å². The van der Waals surface area contributed by atoms with Gasteiger partial charge in [-0.15, -0.1) is 0 Å². The van der Waals surface area contributed by atoms with Crippen LogP contribution in [0.1, 0.15) is 38.2 Å². The number of amides is 4. The van der Waals surface area contributed by atoms with Crippen LogP contribution in [-0.2, 0) is 15.8 Å². The molecular weight excluding hydrogens is 363 g/mol. The molecule has 9 heteroatoms. The Balaban J connectivity index is 1.65. The van der Waals surface area contributed by atoms with Gasteiger partial charge in [-0.25, -0.2) is 4.79 Å². The highest BCUT2D eigenvalue weighted by molar-refractivity contribution is 6.10. The number of imide groups is 1. The number of rotatable bonds is 3. The van der Waals surface area contributed by atoms with E-state index in [-0.39, 0.29) is 11.6 Å². The lowest BCUT2D eigenvalue weighted by molar-refractivity contribution is -0.137. The van der Waals surface area contributed by atoms with Gasteiger partial charge in [-0.05, 0) is 43.0 Å². The van der Waals surface area contributed by atoms with E-state index < -0.39 is 41.7 Å². The van der Waals surface area contributed by atoms with Crippen LogP contribution in [0.15, 0.2) is 24.3 Å². The van der Waals surface area contributed by atoms with E-state index in [2.05, 4.69) is 10.6 Å². The molecule has 1 aromatic carbocycles. The predicted octanol–water partition coefficient (Wildman–Crippen LogP) is 3.14. The van der Waals surface area contributed by atoms with E-state index in [1.165, 1.54) is 0 Å². The van der Waals surface area contributed by atoms with Gasteiger partial charge in [0.2, 0.25) is 5.91 Å². The summed E-state index contributed by atoms with van der Waals surface area (Å²) in [6.45, 7) is 1.42. The van der Waals surface area contributed by atoms with Crippen LogP contribution >= 0.6 is 0 Å². The van der Waals surface area contributed by atoms with Gasteiger partial charge in [0.15, 0.2) is 0 Å². The van der Waals surface area contributed by atoms with Gasteiger partial charge < -0.3 is 10.6 Å². The van der Waals surface area contributed by atoms with Gasteiger partial charge in [0.25, 0.3) is 5.91 Å². The Morgan fingerprint density at radius 1 is 1.26 bits per heavy atom. The van der Waals surface area contributed by atoms with E-state index in [1.54, 1.807) is 0 Å². The van der Waals surface area contributed by atoms with Crippen molar-refractivity contribution in [3.63, 3.8) is 0 Å². The number of carbonyl (C=O) groups is 3. The molecule has 1 saturated carbocycles. The number of urea groups is 1. The molecule has 1 aromatic rings. The average Bonchev–Trinajstić information content (AvgIpc) is 2.82. The van der Waals surface area contributed by atoms with Crippen LogP contribution in [0, 0.1) is 5.92 Å². The highest BCUT2D eigenvalue weighted by Gasteiger charge is 2.55. The summed E-state index contributed by atoms with van der Waals surface area (Å²) in [6.07, 6.45) is -1.30. The molecule has 1 aliphatic heterocycles. The van der Waals surface area contributed by atoms with Crippen molar-refractivity contribution in [1.82, 2.24) is 10.2 Å². The lowest BCUT2D eigenvalue weighted by atomic mass is 9.73. The minimum atomic E-state index is -4.46. The third-order valence-electron chi connectivity index (χ3n) is 5.30. The second-order valence-corrected chi connectivity index (χ2v) is 7.06. The summed E-state index contributed by atoms with van der Waals surface area (Å²) in [4.78, 5) is 38.1. The van der Waals surface area contributed by atoms with Gasteiger partial charge in [0, 0.05) is 5.69 Å². The first-order valence-electron chi connectivity index (χ1n) is 8.75. The Kier molecular flexibility index (Phi) is 4.88. The zero-order chi connectivity index (χ0) is 19.8. The molecule has 2 aliphatic rings.